The molecule has 8 heteroatoms. The lowest BCUT2D eigenvalue weighted by atomic mass is 10.2. The molecule has 0 N–H and O–H groups in total. The predicted molar refractivity (Wildman–Crippen MR) is 63.8 cm³/mol. The van der Waals surface area contributed by atoms with Gasteiger partial charge in [0.1, 0.15) is 6.54 Å². The lowest BCUT2D eigenvalue weighted by molar-refractivity contribution is -0.162. The monoisotopic (exact) mass is 303 g/mol. The summed E-state index contributed by atoms with van der Waals surface area (Å²) in [6.45, 7) is -1.66. The van der Waals surface area contributed by atoms with E-state index in [9.17, 15) is 22.8 Å². The molecule has 0 unspecified atom stereocenters. The zero-order valence-electron chi connectivity index (χ0n) is 10.6. The van der Waals surface area contributed by atoms with Crippen LogP contribution >= 0.6 is 11.6 Å². The first-order valence-corrected chi connectivity index (χ1v) is 6.31. The molecule has 19 heavy (non-hydrogen) atoms. The van der Waals surface area contributed by atoms with Crippen LogP contribution in [0, 0.1) is 0 Å². The van der Waals surface area contributed by atoms with Crippen LogP contribution in [0.2, 0.25) is 0 Å². The van der Waals surface area contributed by atoms with E-state index in [1.165, 1.54) is 0 Å². The summed E-state index contributed by atoms with van der Waals surface area (Å²) in [4.78, 5) is 23.2. The molecule has 0 aromatic heterocycles. The first-order chi connectivity index (χ1) is 8.80. The molecule has 0 aliphatic carbocycles. The van der Waals surface area contributed by atoms with Crippen LogP contribution in [-0.2, 0) is 14.3 Å². The maximum Gasteiger partial charge on any atom is 0.406 e. The molecule has 0 heterocycles. The topological polar surface area (TPSA) is 46.6 Å². The van der Waals surface area contributed by atoms with E-state index in [-0.39, 0.29) is 19.4 Å². The lowest BCUT2D eigenvalue weighted by Gasteiger charge is -2.23. The Balaban J connectivity index is 4.39. The molecule has 0 radical (unpaired) electrons. The van der Waals surface area contributed by atoms with Crippen LogP contribution in [0.4, 0.5) is 13.2 Å². The number of hydrogen-bond donors (Lipinski definition) is 0. The molecule has 1 amide bonds. The van der Waals surface area contributed by atoms with E-state index in [0.717, 1.165) is 7.11 Å². The van der Waals surface area contributed by atoms with Crippen LogP contribution < -0.4 is 0 Å². The van der Waals surface area contributed by atoms with Crippen molar-refractivity contribution < 1.29 is 27.5 Å². The van der Waals surface area contributed by atoms with Crippen molar-refractivity contribution in [2.24, 2.45) is 0 Å². The molecule has 0 aliphatic rings. The van der Waals surface area contributed by atoms with Gasteiger partial charge in [-0.1, -0.05) is 0 Å². The lowest BCUT2D eigenvalue weighted by Crippen LogP contribution is -2.40. The summed E-state index contributed by atoms with van der Waals surface area (Å²) in [5, 5.41) is 0. The fraction of sp³-hybridized carbons (Fsp3) is 0.818. The van der Waals surface area contributed by atoms with Gasteiger partial charge in [0.2, 0.25) is 5.91 Å². The van der Waals surface area contributed by atoms with Gasteiger partial charge in [-0.3, -0.25) is 9.59 Å². The van der Waals surface area contributed by atoms with Crippen LogP contribution in [-0.4, -0.2) is 49.0 Å². The molecule has 0 spiro atoms. The van der Waals surface area contributed by atoms with E-state index in [1.807, 2.05) is 0 Å². The molecule has 0 saturated heterocycles. The summed E-state index contributed by atoms with van der Waals surface area (Å²) in [7, 11) is 1.14. The smallest absolute Gasteiger partial charge is 0.406 e. The highest BCUT2D eigenvalue weighted by molar-refractivity contribution is 6.17. The number of carbonyl (C=O) groups excluding carboxylic acids is 2. The number of unbranched alkanes of at least 4 members (excludes halogenated alkanes) is 1. The molecule has 0 aromatic carbocycles. The molecule has 112 valence electrons. The van der Waals surface area contributed by atoms with Crippen molar-refractivity contribution in [3.8, 4) is 0 Å². The second-order valence-electron chi connectivity index (χ2n) is 3.90. The van der Waals surface area contributed by atoms with Crippen LogP contribution in [0.1, 0.15) is 25.7 Å². The molecule has 0 aromatic rings. The summed E-state index contributed by atoms with van der Waals surface area (Å²) in [6, 6.07) is 0. The number of rotatable bonds is 8. The number of esters is 1. The normalized spacial score (nSPS) is 11.2. The van der Waals surface area contributed by atoms with Crippen LogP contribution in [0.25, 0.3) is 0 Å². The van der Waals surface area contributed by atoms with E-state index >= 15 is 0 Å². The van der Waals surface area contributed by atoms with Crippen molar-refractivity contribution in [2.75, 3.05) is 26.1 Å². The first kappa shape index (κ1) is 18.0. The van der Waals surface area contributed by atoms with Gasteiger partial charge in [-0.25, -0.2) is 0 Å². The van der Waals surface area contributed by atoms with E-state index < -0.39 is 24.6 Å². The SMILES string of the molecule is COC(=O)CCN(CC(F)(F)F)C(=O)CCCCCl. The highest BCUT2D eigenvalue weighted by Gasteiger charge is 2.32. The third-order valence-corrected chi connectivity index (χ3v) is 2.58. The standard InChI is InChI=1S/C11H17ClF3NO3/c1-19-10(18)5-7-16(8-11(13,14)15)9(17)4-2-3-6-12/h2-8H2,1H3. The largest absolute Gasteiger partial charge is 0.469 e. The molecule has 0 aliphatic heterocycles. The van der Waals surface area contributed by atoms with Crippen molar-refractivity contribution in [1.29, 1.82) is 0 Å². The Morgan fingerprint density at radius 2 is 1.84 bits per heavy atom. The van der Waals surface area contributed by atoms with Gasteiger partial charge in [0.15, 0.2) is 0 Å². The van der Waals surface area contributed by atoms with Crippen molar-refractivity contribution in [3.63, 3.8) is 0 Å². The van der Waals surface area contributed by atoms with Gasteiger partial charge in [0, 0.05) is 18.8 Å². The van der Waals surface area contributed by atoms with Gasteiger partial charge in [-0.05, 0) is 12.8 Å². The quantitative estimate of drug-likeness (QED) is 0.393. The van der Waals surface area contributed by atoms with Gasteiger partial charge in [0.25, 0.3) is 0 Å². The number of carbonyl (C=O) groups is 2. The molecule has 4 nitrogen and oxygen atoms in total. The Bertz CT molecular complexity index is 297. The van der Waals surface area contributed by atoms with Gasteiger partial charge >= 0.3 is 12.1 Å². The van der Waals surface area contributed by atoms with Crippen LogP contribution in [0.5, 0.6) is 0 Å². The molecule has 0 saturated carbocycles. The van der Waals surface area contributed by atoms with Crippen LogP contribution in [0.3, 0.4) is 0 Å². The highest BCUT2D eigenvalue weighted by atomic mass is 35.5. The number of alkyl halides is 4. The maximum atomic E-state index is 12.3. The molecule has 0 atom stereocenters. The molecule has 0 fully saturated rings. The number of hydrogen-bond acceptors (Lipinski definition) is 3. The molecular formula is C11H17ClF3NO3. The van der Waals surface area contributed by atoms with E-state index in [1.54, 1.807) is 0 Å². The second-order valence-corrected chi connectivity index (χ2v) is 4.28. The van der Waals surface area contributed by atoms with Crippen molar-refractivity contribution in [1.82, 2.24) is 4.90 Å². The maximum absolute atomic E-state index is 12.3. The summed E-state index contributed by atoms with van der Waals surface area (Å²) >= 11 is 5.43. The summed E-state index contributed by atoms with van der Waals surface area (Å²) < 4.78 is 41.3. The van der Waals surface area contributed by atoms with E-state index in [4.69, 9.17) is 11.6 Å². The summed E-state index contributed by atoms with van der Waals surface area (Å²) in [6.07, 6.45) is -3.77. The van der Waals surface area contributed by atoms with Crippen molar-refractivity contribution in [3.05, 3.63) is 0 Å². The minimum Gasteiger partial charge on any atom is -0.469 e. The van der Waals surface area contributed by atoms with Crippen molar-refractivity contribution in [2.45, 2.75) is 31.9 Å². The Morgan fingerprint density at radius 1 is 1.21 bits per heavy atom. The number of halogens is 4. The summed E-state index contributed by atoms with van der Waals surface area (Å²) in [5.74, 6) is -0.929. The zero-order chi connectivity index (χ0) is 14.9. The summed E-state index contributed by atoms with van der Waals surface area (Å²) in [5.41, 5.74) is 0. The minimum absolute atomic E-state index is 0.00995. The number of methoxy groups -OCH3 is 1. The minimum atomic E-state index is -4.49. The number of ether oxygens (including phenoxy) is 1. The number of nitrogens with zero attached hydrogens (tertiary/aromatic N) is 1. The molecular weight excluding hydrogens is 287 g/mol. The Morgan fingerprint density at radius 3 is 2.32 bits per heavy atom. The van der Waals surface area contributed by atoms with Gasteiger partial charge in [0.05, 0.1) is 13.5 Å². The van der Waals surface area contributed by atoms with Gasteiger partial charge in [-0.15, -0.1) is 11.6 Å². The van der Waals surface area contributed by atoms with Gasteiger partial charge < -0.3 is 9.64 Å². The highest BCUT2D eigenvalue weighted by Crippen LogP contribution is 2.17. The third kappa shape index (κ3) is 9.58. The predicted octanol–water partition coefficient (Wildman–Crippen LogP) is 2.35. The fourth-order valence-electron chi connectivity index (χ4n) is 1.37. The first-order valence-electron chi connectivity index (χ1n) is 5.77. The average Bonchev–Trinajstić information content (AvgIpc) is 2.32. The van der Waals surface area contributed by atoms with Crippen molar-refractivity contribution >= 4 is 23.5 Å². The Kier molecular flexibility index (Phi) is 8.54. The van der Waals surface area contributed by atoms with E-state index in [2.05, 4.69) is 4.74 Å². The molecule has 0 bridgehead atoms. The van der Waals surface area contributed by atoms with E-state index in [0.29, 0.717) is 23.6 Å². The Labute approximate surface area is 114 Å². The Hall–Kier alpha value is -0.980. The van der Waals surface area contributed by atoms with Crippen LogP contribution in [0.15, 0.2) is 0 Å². The second kappa shape index (κ2) is 9.01. The van der Waals surface area contributed by atoms with Gasteiger partial charge in [-0.2, -0.15) is 13.2 Å². The third-order valence-electron chi connectivity index (χ3n) is 2.31. The number of amides is 1. The zero-order valence-corrected chi connectivity index (χ0v) is 11.4. The molecule has 0 rings (SSSR count). The average molecular weight is 304 g/mol. The fourth-order valence-corrected chi connectivity index (χ4v) is 1.55.